The molecule has 0 heterocycles. The summed E-state index contributed by atoms with van der Waals surface area (Å²) in [7, 11) is 0. The Morgan fingerprint density at radius 1 is 1.17 bits per heavy atom. The van der Waals surface area contributed by atoms with Gasteiger partial charge in [-0.25, -0.2) is 0 Å². The first-order valence-electron chi connectivity index (χ1n) is 6.00. The average molecular weight is 258 g/mol. The van der Waals surface area contributed by atoms with Crippen LogP contribution >= 0.6 is 0 Å². The fourth-order valence-corrected chi connectivity index (χ4v) is 1.62. The SMILES string of the molecule is CC(C)(CC(=O)O)CC(=O)NCCCCC(N)=O. The van der Waals surface area contributed by atoms with Crippen LogP contribution in [0.25, 0.3) is 0 Å². The van der Waals surface area contributed by atoms with Gasteiger partial charge in [0.25, 0.3) is 0 Å². The van der Waals surface area contributed by atoms with E-state index >= 15 is 0 Å². The van der Waals surface area contributed by atoms with Gasteiger partial charge in [0.05, 0.1) is 6.42 Å². The molecule has 0 rings (SSSR count). The highest BCUT2D eigenvalue weighted by molar-refractivity contribution is 5.77. The van der Waals surface area contributed by atoms with Gasteiger partial charge in [0.2, 0.25) is 11.8 Å². The van der Waals surface area contributed by atoms with E-state index in [4.69, 9.17) is 10.8 Å². The van der Waals surface area contributed by atoms with Crippen LogP contribution in [0.3, 0.4) is 0 Å². The lowest BCUT2D eigenvalue weighted by Crippen LogP contribution is -2.30. The summed E-state index contributed by atoms with van der Waals surface area (Å²) in [6.45, 7) is 3.97. The van der Waals surface area contributed by atoms with Gasteiger partial charge >= 0.3 is 5.97 Å². The molecule has 0 saturated heterocycles. The normalized spacial score (nSPS) is 11.0. The van der Waals surface area contributed by atoms with E-state index in [9.17, 15) is 14.4 Å². The van der Waals surface area contributed by atoms with Gasteiger partial charge in [0.1, 0.15) is 0 Å². The molecule has 0 aliphatic carbocycles. The molecule has 0 saturated carbocycles. The number of carboxylic acid groups (broad SMARTS) is 1. The predicted octanol–water partition coefficient (Wildman–Crippen LogP) is 0.649. The van der Waals surface area contributed by atoms with Crippen molar-refractivity contribution >= 4 is 17.8 Å². The van der Waals surface area contributed by atoms with Gasteiger partial charge in [0.15, 0.2) is 0 Å². The molecule has 0 unspecified atom stereocenters. The van der Waals surface area contributed by atoms with Gasteiger partial charge in [-0.05, 0) is 18.3 Å². The maximum atomic E-state index is 11.5. The molecule has 0 aromatic heterocycles. The zero-order valence-corrected chi connectivity index (χ0v) is 11.0. The molecule has 6 heteroatoms. The van der Waals surface area contributed by atoms with Crippen molar-refractivity contribution in [2.45, 2.75) is 46.0 Å². The van der Waals surface area contributed by atoms with E-state index in [2.05, 4.69) is 5.32 Å². The molecule has 6 nitrogen and oxygen atoms in total. The smallest absolute Gasteiger partial charge is 0.303 e. The second-order valence-electron chi connectivity index (χ2n) is 5.18. The second kappa shape index (κ2) is 7.68. The molecular formula is C12H22N2O4. The van der Waals surface area contributed by atoms with E-state index in [1.54, 1.807) is 13.8 Å². The number of rotatable bonds is 9. The van der Waals surface area contributed by atoms with Crippen LogP contribution in [0.1, 0.15) is 46.0 Å². The molecule has 4 N–H and O–H groups in total. The molecule has 0 atom stereocenters. The van der Waals surface area contributed by atoms with Gasteiger partial charge < -0.3 is 16.2 Å². The minimum atomic E-state index is -0.908. The van der Waals surface area contributed by atoms with E-state index in [-0.39, 0.29) is 24.7 Å². The Morgan fingerprint density at radius 3 is 2.28 bits per heavy atom. The lowest BCUT2D eigenvalue weighted by Gasteiger charge is -2.21. The van der Waals surface area contributed by atoms with Crippen molar-refractivity contribution in [3.8, 4) is 0 Å². The molecule has 104 valence electrons. The number of nitrogens with one attached hydrogen (secondary N) is 1. The van der Waals surface area contributed by atoms with Crippen LogP contribution in [0.15, 0.2) is 0 Å². The molecule has 0 aliphatic rings. The Hall–Kier alpha value is -1.59. The molecule has 0 spiro atoms. The average Bonchev–Trinajstić information content (AvgIpc) is 2.13. The summed E-state index contributed by atoms with van der Waals surface area (Å²) < 4.78 is 0. The van der Waals surface area contributed by atoms with E-state index in [0.717, 1.165) is 0 Å². The van der Waals surface area contributed by atoms with Crippen LogP contribution in [0.5, 0.6) is 0 Å². The van der Waals surface area contributed by atoms with Crippen molar-refractivity contribution < 1.29 is 19.5 Å². The first-order valence-corrected chi connectivity index (χ1v) is 6.00. The minimum absolute atomic E-state index is 0.0396. The van der Waals surface area contributed by atoms with Crippen LogP contribution in [0, 0.1) is 5.41 Å². The second-order valence-corrected chi connectivity index (χ2v) is 5.18. The van der Waals surface area contributed by atoms with Crippen LogP contribution in [0.4, 0.5) is 0 Å². The number of amides is 2. The lowest BCUT2D eigenvalue weighted by atomic mass is 9.85. The van der Waals surface area contributed by atoms with Crippen molar-refractivity contribution in [1.82, 2.24) is 5.32 Å². The summed E-state index contributed by atoms with van der Waals surface area (Å²) in [5.74, 6) is -1.42. The number of carbonyl (C=O) groups excluding carboxylic acids is 2. The van der Waals surface area contributed by atoms with Crippen LogP contribution in [0.2, 0.25) is 0 Å². The predicted molar refractivity (Wildman–Crippen MR) is 66.7 cm³/mol. The number of primary amides is 1. The van der Waals surface area contributed by atoms with E-state index < -0.39 is 11.4 Å². The minimum Gasteiger partial charge on any atom is -0.481 e. The van der Waals surface area contributed by atoms with Gasteiger partial charge in [-0.15, -0.1) is 0 Å². The molecule has 2 amide bonds. The Bertz CT molecular complexity index is 313. The Labute approximate surface area is 107 Å². The van der Waals surface area contributed by atoms with Crippen molar-refractivity contribution in [3.63, 3.8) is 0 Å². The Morgan fingerprint density at radius 2 is 1.78 bits per heavy atom. The highest BCUT2D eigenvalue weighted by atomic mass is 16.4. The fraction of sp³-hybridized carbons (Fsp3) is 0.750. The largest absolute Gasteiger partial charge is 0.481 e. The summed E-state index contributed by atoms with van der Waals surface area (Å²) in [6.07, 6.45) is 1.79. The highest BCUT2D eigenvalue weighted by Crippen LogP contribution is 2.24. The lowest BCUT2D eigenvalue weighted by molar-refractivity contribution is -0.139. The molecule has 0 aromatic rings. The summed E-state index contributed by atoms with van der Waals surface area (Å²) in [5, 5.41) is 11.4. The zero-order chi connectivity index (χ0) is 14.2. The van der Waals surface area contributed by atoms with Gasteiger partial charge in [-0.2, -0.15) is 0 Å². The monoisotopic (exact) mass is 258 g/mol. The number of carbonyl (C=O) groups is 3. The van der Waals surface area contributed by atoms with Crippen LogP contribution < -0.4 is 11.1 Å². The molecular weight excluding hydrogens is 236 g/mol. The van der Waals surface area contributed by atoms with E-state index in [1.807, 2.05) is 0 Å². The fourth-order valence-electron chi connectivity index (χ4n) is 1.62. The molecule has 0 radical (unpaired) electrons. The molecule has 0 aliphatic heterocycles. The topological polar surface area (TPSA) is 109 Å². The van der Waals surface area contributed by atoms with Crippen molar-refractivity contribution in [3.05, 3.63) is 0 Å². The maximum Gasteiger partial charge on any atom is 0.303 e. The van der Waals surface area contributed by atoms with Gasteiger partial charge in [-0.3, -0.25) is 14.4 Å². The maximum absolute atomic E-state index is 11.5. The summed E-state index contributed by atoms with van der Waals surface area (Å²) >= 11 is 0. The molecule has 0 fully saturated rings. The number of aliphatic carboxylic acids is 1. The van der Waals surface area contributed by atoms with Crippen molar-refractivity contribution in [2.24, 2.45) is 11.1 Å². The number of hydrogen-bond acceptors (Lipinski definition) is 3. The summed E-state index contributed by atoms with van der Waals surface area (Å²) in [4.78, 5) is 32.6. The zero-order valence-electron chi connectivity index (χ0n) is 11.0. The third kappa shape index (κ3) is 9.62. The number of unbranched alkanes of at least 4 members (excludes halogenated alkanes) is 1. The van der Waals surface area contributed by atoms with Crippen molar-refractivity contribution in [1.29, 1.82) is 0 Å². The Kier molecular flexibility index (Phi) is 7.00. The van der Waals surface area contributed by atoms with Crippen LogP contribution in [-0.2, 0) is 14.4 Å². The quantitative estimate of drug-likeness (QED) is 0.527. The Balaban J connectivity index is 3.77. The third-order valence-electron chi connectivity index (χ3n) is 2.44. The molecule has 0 aromatic carbocycles. The standard InChI is InChI=1S/C12H22N2O4/c1-12(2,8-11(17)18)7-10(16)14-6-4-3-5-9(13)15/h3-8H2,1-2H3,(H2,13,15)(H,14,16)(H,17,18). The molecule has 18 heavy (non-hydrogen) atoms. The van der Waals surface area contributed by atoms with Crippen LogP contribution in [-0.4, -0.2) is 29.4 Å². The first kappa shape index (κ1) is 16.4. The third-order valence-corrected chi connectivity index (χ3v) is 2.44. The summed E-state index contributed by atoms with van der Waals surface area (Å²) in [5.41, 5.74) is 4.43. The first-order chi connectivity index (χ1) is 8.23. The van der Waals surface area contributed by atoms with Crippen molar-refractivity contribution in [2.75, 3.05) is 6.54 Å². The number of carboxylic acids is 1. The highest BCUT2D eigenvalue weighted by Gasteiger charge is 2.24. The molecule has 0 bridgehead atoms. The van der Waals surface area contributed by atoms with E-state index in [0.29, 0.717) is 25.8 Å². The van der Waals surface area contributed by atoms with Gasteiger partial charge in [-0.1, -0.05) is 13.8 Å². The summed E-state index contributed by atoms with van der Waals surface area (Å²) in [6, 6.07) is 0. The van der Waals surface area contributed by atoms with E-state index in [1.165, 1.54) is 0 Å². The number of nitrogens with two attached hydrogens (primary N) is 1. The number of hydrogen-bond donors (Lipinski definition) is 3. The van der Waals surface area contributed by atoms with Gasteiger partial charge in [0, 0.05) is 19.4 Å².